The van der Waals surface area contributed by atoms with E-state index in [0.717, 1.165) is 28.5 Å². The molecule has 1 aromatic carbocycles. The highest BCUT2D eigenvalue weighted by Crippen LogP contribution is 2.22. The van der Waals surface area contributed by atoms with Gasteiger partial charge in [-0.2, -0.15) is 0 Å². The van der Waals surface area contributed by atoms with Crippen molar-refractivity contribution >= 4 is 0 Å². The number of aromatic nitrogens is 1. The molecule has 0 aliphatic rings. The van der Waals surface area contributed by atoms with Crippen molar-refractivity contribution in [3.63, 3.8) is 0 Å². The molecule has 0 unspecified atom stereocenters. The molecule has 3 aromatic rings. The molecule has 0 spiro atoms. The van der Waals surface area contributed by atoms with E-state index >= 15 is 0 Å². The minimum Gasteiger partial charge on any atom is -0.460 e. The summed E-state index contributed by atoms with van der Waals surface area (Å²) in [6.07, 6.45) is 0. The van der Waals surface area contributed by atoms with E-state index in [1.807, 2.05) is 25.1 Å². The Morgan fingerprint density at radius 2 is 1.90 bits per heavy atom. The van der Waals surface area contributed by atoms with Gasteiger partial charge in [0.25, 0.3) is 0 Å². The average Bonchev–Trinajstić information content (AvgIpc) is 3.09. The summed E-state index contributed by atoms with van der Waals surface area (Å²) in [6, 6.07) is 11.9. The summed E-state index contributed by atoms with van der Waals surface area (Å²) >= 11 is 0. The number of nitrogens with zero attached hydrogens (tertiary/aromatic N) is 1. The molecule has 2 aromatic heterocycles. The highest BCUT2D eigenvalue weighted by atomic mass is 19.1. The van der Waals surface area contributed by atoms with E-state index < -0.39 is 0 Å². The van der Waals surface area contributed by atoms with Crippen molar-refractivity contribution in [3.8, 4) is 11.3 Å². The van der Waals surface area contributed by atoms with Gasteiger partial charge in [-0.3, -0.25) is 0 Å². The van der Waals surface area contributed by atoms with Gasteiger partial charge >= 0.3 is 0 Å². The normalized spacial score (nSPS) is 11.0. The van der Waals surface area contributed by atoms with Crippen molar-refractivity contribution in [1.29, 1.82) is 0 Å². The van der Waals surface area contributed by atoms with Crippen molar-refractivity contribution in [3.05, 3.63) is 65.5 Å². The zero-order chi connectivity index (χ0) is 14.7. The first-order valence-corrected chi connectivity index (χ1v) is 6.68. The van der Waals surface area contributed by atoms with Crippen LogP contribution in [0.15, 0.2) is 51.4 Å². The van der Waals surface area contributed by atoms with Crippen LogP contribution in [-0.2, 0) is 13.1 Å². The zero-order valence-electron chi connectivity index (χ0n) is 11.6. The fourth-order valence-corrected chi connectivity index (χ4v) is 2.06. The Balaban J connectivity index is 1.59. The number of hydrogen-bond acceptors (Lipinski definition) is 4. The molecule has 21 heavy (non-hydrogen) atoms. The van der Waals surface area contributed by atoms with Gasteiger partial charge in [0.15, 0.2) is 0 Å². The highest BCUT2D eigenvalue weighted by molar-refractivity contribution is 5.57. The summed E-state index contributed by atoms with van der Waals surface area (Å²) in [5.74, 6) is 2.08. The molecule has 5 heteroatoms. The van der Waals surface area contributed by atoms with Crippen LogP contribution in [0.4, 0.5) is 4.39 Å². The topological polar surface area (TPSA) is 51.2 Å². The van der Waals surface area contributed by atoms with E-state index in [0.29, 0.717) is 13.1 Å². The van der Waals surface area contributed by atoms with Crippen molar-refractivity contribution in [2.24, 2.45) is 0 Å². The van der Waals surface area contributed by atoms with Crippen LogP contribution in [0.1, 0.15) is 17.2 Å². The molecular weight excluding hydrogens is 271 g/mol. The van der Waals surface area contributed by atoms with Crippen LogP contribution in [0.25, 0.3) is 11.3 Å². The predicted molar refractivity (Wildman–Crippen MR) is 75.9 cm³/mol. The summed E-state index contributed by atoms with van der Waals surface area (Å²) in [4.78, 5) is 0. The molecule has 0 fully saturated rings. The first-order chi connectivity index (χ1) is 10.2. The van der Waals surface area contributed by atoms with Crippen LogP contribution in [-0.4, -0.2) is 5.16 Å². The Bertz CT molecular complexity index is 716. The number of benzene rings is 1. The fourth-order valence-electron chi connectivity index (χ4n) is 2.06. The molecule has 0 radical (unpaired) electrons. The molecule has 2 heterocycles. The van der Waals surface area contributed by atoms with Gasteiger partial charge in [-0.25, -0.2) is 4.39 Å². The predicted octanol–water partition coefficient (Wildman–Crippen LogP) is 3.67. The van der Waals surface area contributed by atoms with Gasteiger partial charge < -0.3 is 14.3 Å². The Morgan fingerprint density at radius 1 is 1.10 bits per heavy atom. The molecule has 1 N–H and O–H groups in total. The Labute approximate surface area is 121 Å². The second-order valence-electron chi connectivity index (χ2n) is 4.81. The second-order valence-corrected chi connectivity index (χ2v) is 4.81. The number of furan rings is 1. The fraction of sp³-hybridized carbons (Fsp3) is 0.188. The first kappa shape index (κ1) is 13.6. The number of hydrogen-bond donors (Lipinski definition) is 1. The summed E-state index contributed by atoms with van der Waals surface area (Å²) in [7, 11) is 0. The summed E-state index contributed by atoms with van der Waals surface area (Å²) in [5, 5.41) is 7.13. The molecule has 4 nitrogen and oxygen atoms in total. The molecule has 0 atom stereocenters. The molecule has 0 aliphatic carbocycles. The second kappa shape index (κ2) is 5.93. The highest BCUT2D eigenvalue weighted by Gasteiger charge is 2.05. The largest absolute Gasteiger partial charge is 0.460 e. The molecule has 0 bridgehead atoms. The van der Waals surface area contributed by atoms with Crippen molar-refractivity contribution < 1.29 is 13.3 Å². The van der Waals surface area contributed by atoms with Crippen molar-refractivity contribution in [1.82, 2.24) is 10.5 Å². The van der Waals surface area contributed by atoms with E-state index in [9.17, 15) is 4.39 Å². The third-order valence-electron chi connectivity index (χ3n) is 3.07. The van der Waals surface area contributed by atoms with Crippen molar-refractivity contribution in [2.75, 3.05) is 0 Å². The lowest BCUT2D eigenvalue weighted by molar-refractivity contribution is 0.387. The van der Waals surface area contributed by atoms with E-state index in [4.69, 9.17) is 8.94 Å². The Morgan fingerprint density at radius 3 is 2.62 bits per heavy atom. The molecule has 0 amide bonds. The van der Waals surface area contributed by atoms with E-state index in [1.54, 1.807) is 12.1 Å². The van der Waals surface area contributed by atoms with E-state index in [-0.39, 0.29) is 5.82 Å². The SMILES string of the molecule is Cc1cc(CNCc2ccc(-c3ccc(F)cc3)o2)no1. The van der Waals surface area contributed by atoms with Crippen molar-refractivity contribution in [2.45, 2.75) is 20.0 Å². The lowest BCUT2D eigenvalue weighted by atomic mass is 10.2. The van der Waals surface area contributed by atoms with E-state index in [1.165, 1.54) is 12.1 Å². The number of rotatable bonds is 5. The Hall–Kier alpha value is -2.40. The first-order valence-electron chi connectivity index (χ1n) is 6.68. The smallest absolute Gasteiger partial charge is 0.134 e. The van der Waals surface area contributed by atoms with Crippen LogP contribution >= 0.6 is 0 Å². The van der Waals surface area contributed by atoms with Gasteiger partial charge in [0.05, 0.1) is 12.2 Å². The van der Waals surface area contributed by atoms with Gasteiger partial charge in [0.2, 0.25) is 0 Å². The third kappa shape index (κ3) is 3.38. The molecule has 0 saturated carbocycles. The lowest BCUT2D eigenvalue weighted by Crippen LogP contribution is -2.12. The third-order valence-corrected chi connectivity index (χ3v) is 3.07. The maximum Gasteiger partial charge on any atom is 0.134 e. The van der Waals surface area contributed by atoms with Crippen LogP contribution in [0.3, 0.4) is 0 Å². The lowest BCUT2D eigenvalue weighted by Gasteiger charge is -2.00. The van der Waals surface area contributed by atoms with Crippen LogP contribution < -0.4 is 5.32 Å². The van der Waals surface area contributed by atoms with Gasteiger partial charge in [0, 0.05) is 18.2 Å². The summed E-state index contributed by atoms with van der Waals surface area (Å²) in [5.41, 5.74) is 1.72. The monoisotopic (exact) mass is 286 g/mol. The molecule has 0 aliphatic heterocycles. The maximum absolute atomic E-state index is 12.9. The van der Waals surface area contributed by atoms with Crippen LogP contribution in [0.5, 0.6) is 0 Å². The number of nitrogens with one attached hydrogen (secondary N) is 1. The zero-order valence-corrected chi connectivity index (χ0v) is 11.6. The molecule has 0 saturated heterocycles. The van der Waals surface area contributed by atoms with Crippen LogP contribution in [0, 0.1) is 12.7 Å². The number of aryl methyl sites for hydroxylation is 1. The van der Waals surface area contributed by atoms with Gasteiger partial charge in [0.1, 0.15) is 23.1 Å². The minimum absolute atomic E-state index is 0.255. The maximum atomic E-state index is 12.9. The number of halogens is 1. The van der Waals surface area contributed by atoms with Crippen LogP contribution in [0.2, 0.25) is 0 Å². The van der Waals surface area contributed by atoms with Gasteiger partial charge in [-0.05, 0) is 43.3 Å². The van der Waals surface area contributed by atoms with Gasteiger partial charge in [-0.1, -0.05) is 5.16 Å². The molecule has 3 rings (SSSR count). The van der Waals surface area contributed by atoms with E-state index in [2.05, 4.69) is 10.5 Å². The average molecular weight is 286 g/mol. The van der Waals surface area contributed by atoms with Gasteiger partial charge in [-0.15, -0.1) is 0 Å². The Kier molecular flexibility index (Phi) is 3.83. The molecular formula is C16H15FN2O2. The molecule has 108 valence electrons. The quantitative estimate of drug-likeness (QED) is 0.777. The minimum atomic E-state index is -0.255. The summed E-state index contributed by atoms with van der Waals surface area (Å²) in [6.45, 7) is 3.06. The standard InChI is InChI=1S/C16H15FN2O2/c1-11-8-14(19-21-11)9-18-10-15-6-7-16(20-15)12-2-4-13(17)5-3-12/h2-8,18H,9-10H2,1H3. The summed E-state index contributed by atoms with van der Waals surface area (Å²) < 4.78 is 23.6.